The predicted octanol–water partition coefficient (Wildman–Crippen LogP) is 2.42. The normalized spacial score (nSPS) is 12.5. The molecule has 1 atom stereocenters. The molecule has 0 radical (unpaired) electrons. The van der Waals surface area contributed by atoms with Gasteiger partial charge in [-0.2, -0.15) is 0 Å². The van der Waals surface area contributed by atoms with Gasteiger partial charge < -0.3 is 9.90 Å². The van der Waals surface area contributed by atoms with Crippen LogP contribution >= 0.6 is 11.6 Å². The molecule has 1 rings (SSSR count). The lowest BCUT2D eigenvalue weighted by atomic mass is 10.0. The summed E-state index contributed by atoms with van der Waals surface area (Å²) in [5, 5.41) is 9.82. The van der Waals surface area contributed by atoms with E-state index in [1.165, 1.54) is 0 Å². The number of hydrogen-bond acceptors (Lipinski definition) is 2. The number of carbonyl (C=O) groups is 1. The second-order valence-electron chi connectivity index (χ2n) is 3.07. The van der Waals surface area contributed by atoms with Crippen LogP contribution in [0.1, 0.15) is 12.5 Å². The molecule has 0 heterocycles. The number of carbonyl (C=O) groups excluding carboxylic acids is 1. The van der Waals surface area contributed by atoms with Crippen molar-refractivity contribution in [2.45, 2.75) is 13.3 Å². The number of phenols is 1. The second kappa shape index (κ2) is 4.28. The molecule has 0 aliphatic carbocycles. The van der Waals surface area contributed by atoms with Crippen molar-refractivity contribution in [2.24, 2.45) is 5.92 Å². The number of aldehydes is 1. The van der Waals surface area contributed by atoms with Gasteiger partial charge in [0.2, 0.25) is 0 Å². The van der Waals surface area contributed by atoms with Crippen LogP contribution in [-0.4, -0.2) is 11.4 Å². The Hall–Kier alpha value is -1.02. The molecular formula is C10H11ClO2. The molecule has 0 bridgehead atoms. The number of benzene rings is 1. The first kappa shape index (κ1) is 10.1. The van der Waals surface area contributed by atoms with Crippen molar-refractivity contribution in [1.29, 1.82) is 0 Å². The van der Waals surface area contributed by atoms with Gasteiger partial charge in [0.25, 0.3) is 0 Å². The summed E-state index contributed by atoms with van der Waals surface area (Å²) in [5.74, 6) is -0.0118. The van der Waals surface area contributed by atoms with E-state index in [4.69, 9.17) is 11.6 Å². The molecule has 2 nitrogen and oxygen atoms in total. The fourth-order valence-corrected chi connectivity index (χ4v) is 1.31. The summed E-state index contributed by atoms with van der Waals surface area (Å²) in [6.07, 6.45) is 1.39. The zero-order chi connectivity index (χ0) is 9.84. The van der Waals surface area contributed by atoms with Crippen molar-refractivity contribution in [3.05, 3.63) is 28.8 Å². The molecule has 0 amide bonds. The van der Waals surface area contributed by atoms with Gasteiger partial charge in [0.15, 0.2) is 0 Å². The van der Waals surface area contributed by atoms with Gasteiger partial charge in [-0.3, -0.25) is 0 Å². The molecule has 13 heavy (non-hydrogen) atoms. The minimum atomic E-state index is -0.0932. The van der Waals surface area contributed by atoms with Crippen LogP contribution in [0.15, 0.2) is 18.2 Å². The highest BCUT2D eigenvalue weighted by molar-refractivity contribution is 6.32. The van der Waals surface area contributed by atoms with Gasteiger partial charge in [-0.1, -0.05) is 30.7 Å². The molecule has 1 N–H and O–H groups in total. The first-order valence-corrected chi connectivity index (χ1v) is 4.44. The van der Waals surface area contributed by atoms with E-state index < -0.39 is 0 Å². The average molecular weight is 199 g/mol. The lowest BCUT2D eigenvalue weighted by molar-refractivity contribution is -0.110. The molecule has 70 valence electrons. The number of para-hydroxylation sites is 1. The molecule has 0 aliphatic heterocycles. The monoisotopic (exact) mass is 198 g/mol. The summed E-state index contributed by atoms with van der Waals surface area (Å²) in [5.41, 5.74) is 0.715. The Morgan fingerprint density at radius 1 is 1.62 bits per heavy atom. The van der Waals surface area contributed by atoms with E-state index >= 15 is 0 Å². The smallest absolute Gasteiger partial charge is 0.137 e. The molecule has 0 saturated carbocycles. The number of phenolic OH excluding ortho intramolecular Hbond substituents is 1. The summed E-state index contributed by atoms with van der Waals surface area (Å²) >= 11 is 5.70. The molecule has 0 spiro atoms. The average Bonchev–Trinajstić information content (AvgIpc) is 2.13. The highest BCUT2D eigenvalue weighted by Gasteiger charge is 2.08. The van der Waals surface area contributed by atoms with Crippen molar-refractivity contribution in [3.8, 4) is 5.75 Å². The second-order valence-corrected chi connectivity index (χ2v) is 3.47. The maximum atomic E-state index is 10.4. The zero-order valence-corrected chi connectivity index (χ0v) is 8.08. The van der Waals surface area contributed by atoms with Gasteiger partial charge in [0, 0.05) is 5.92 Å². The summed E-state index contributed by atoms with van der Waals surface area (Å²) in [4.78, 5) is 10.4. The number of aromatic hydroxyl groups is 1. The van der Waals surface area contributed by atoms with E-state index in [1.54, 1.807) is 25.1 Å². The van der Waals surface area contributed by atoms with Crippen LogP contribution in [0.2, 0.25) is 5.02 Å². The number of rotatable bonds is 3. The quantitative estimate of drug-likeness (QED) is 0.758. The molecule has 1 unspecified atom stereocenters. The van der Waals surface area contributed by atoms with E-state index in [1.807, 2.05) is 0 Å². The van der Waals surface area contributed by atoms with Gasteiger partial charge in [-0.15, -0.1) is 0 Å². The van der Waals surface area contributed by atoms with Crippen LogP contribution in [0.4, 0.5) is 0 Å². The molecule has 1 aromatic carbocycles. The van der Waals surface area contributed by atoms with Crippen molar-refractivity contribution >= 4 is 17.9 Å². The van der Waals surface area contributed by atoms with E-state index in [-0.39, 0.29) is 11.7 Å². The fraction of sp³-hybridized carbons (Fsp3) is 0.300. The van der Waals surface area contributed by atoms with E-state index in [0.29, 0.717) is 17.0 Å². The SMILES string of the molecule is CC(C=O)Cc1cccc(Cl)c1O. The number of halogens is 1. The largest absolute Gasteiger partial charge is 0.506 e. The Morgan fingerprint density at radius 2 is 2.31 bits per heavy atom. The Balaban J connectivity index is 2.88. The van der Waals surface area contributed by atoms with E-state index in [9.17, 15) is 9.90 Å². The Labute approximate surface area is 82.2 Å². The molecule has 1 aromatic rings. The summed E-state index contributed by atoms with van der Waals surface area (Å²) in [6.45, 7) is 1.80. The topological polar surface area (TPSA) is 37.3 Å². The van der Waals surface area contributed by atoms with E-state index in [0.717, 1.165) is 6.29 Å². The van der Waals surface area contributed by atoms with Gasteiger partial charge in [-0.05, 0) is 18.1 Å². The Bertz CT molecular complexity index is 310. The van der Waals surface area contributed by atoms with Gasteiger partial charge in [0.05, 0.1) is 5.02 Å². The van der Waals surface area contributed by atoms with Crippen LogP contribution in [-0.2, 0) is 11.2 Å². The molecule has 3 heteroatoms. The van der Waals surface area contributed by atoms with Crippen LogP contribution in [0.3, 0.4) is 0 Å². The van der Waals surface area contributed by atoms with Gasteiger partial charge >= 0.3 is 0 Å². The van der Waals surface area contributed by atoms with Crippen molar-refractivity contribution in [1.82, 2.24) is 0 Å². The van der Waals surface area contributed by atoms with Crippen LogP contribution in [0, 0.1) is 5.92 Å². The zero-order valence-electron chi connectivity index (χ0n) is 7.33. The third kappa shape index (κ3) is 2.46. The molecular weight excluding hydrogens is 188 g/mol. The van der Waals surface area contributed by atoms with Crippen LogP contribution < -0.4 is 0 Å². The summed E-state index contributed by atoms with van der Waals surface area (Å²) in [6, 6.07) is 5.14. The third-order valence-electron chi connectivity index (χ3n) is 1.84. The van der Waals surface area contributed by atoms with Crippen molar-refractivity contribution < 1.29 is 9.90 Å². The molecule has 0 fully saturated rings. The predicted molar refractivity (Wildman–Crippen MR) is 52.0 cm³/mol. The van der Waals surface area contributed by atoms with E-state index in [2.05, 4.69) is 0 Å². The van der Waals surface area contributed by atoms with Gasteiger partial charge in [-0.25, -0.2) is 0 Å². The first-order chi connectivity index (χ1) is 6.15. The van der Waals surface area contributed by atoms with Crippen molar-refractivity contribution in [2.75, 3.05) is 0 Å². The minimum absolute atomic E-state index is 0.0814. The van der Waals surface area contributed by atoms with Crippen molar-refractivity contribution in [3.63, 3.8) is 0 Å². The van der Waals surface area contributed by atoms with Crippen LogP contribution in [0.5, 0.6) is 5.75 Å². The lowest BCUT2D eigenvalue weighted by Crippen LogP contribution is -2.00. The number of hydrogen-bond donors (Lipinski definition) is 1. The lowest BCUT2D eigenvalue weighted by Gasteiger charge is -2.06. The summed E-state index contributed by atoms with van der Waals surface area (Å²) in [7, 11) is 0. The molecule has 0 aliphatic rings. The standard InChI is InChI=1S/C10H11ClO2/c1-7(6-12)5-8-3-2-4-9(11)10(8)13/h2-4,6-7,13H,5H2,1H3. The third-order valence-corrected chi connectivity index (χ3v) is 2.15. The minimum Gasteiger partial charge on any atom is -0.506 e. The summed E-state index contributed by atoms with van der Waals surface area (Å²) < 4.78 is 0. The van der Waals surface area contributed by atoms with Crippen LogP contribution in [0.25, 0.3) is 0 Å². The highest BCUT2D eigenvalue weighted by atomic mass is 35.5. The molecule has 0 saturated heterocycles. The molecule has 0 aromatic heterocycles. The Morgan fingerprint density at radius 3 is 2.92 bits per heavy atom. The van der Waals surface area contributed by atoms with Gasteiger partial charge in [0.1, 0.15) is 12.0 Å². The highest BCUT2D eigenvalue weighted by Crippen LogP contribution is 2.28. The maximum Gasteiger partial charge on any atom is 0.137 e. The maximum absolute atomic E-state index is 10.4. The Kier molecular flexibility index (Phi) is 3.32. The first-order valence-electron chi connectivity index (χ1n) is 4.06. The fourth-order valence-electron chi connectivity index (χ4n) is 1.12.